The first-order valence-electron chi connectivity index (χ1n) is 12.2. The van der Waals surface area contributed by atoms with Gasteiger partial charge in [-0.2, -0.15) is 0 Å². The number of nitrogens with zero attached hydrogens (tertiary/aromatic N) is 1. The van der Waals surface area contributed by atoms with Crippen LogP contribution in [0.1, 0.15) is 17.5 Å². The van der Waals surface area contributed by atoms with E-state index in [1.807, 2.05) is 48.5 Å². The summed E-state index contributed by atoms with van der Waals surface area (Å²) in [5, 5.41) is 2.84. The summed E-state index contributed by atoms with van der Waals surface area (Å²) in [5.41, 5.74) is 1.75. The van der Waals surface area contributed by atoms with Gasteiger partial charge < -0.3 is 33.0 Å². The molecule has 2 amide bonds. The summed E-state index contributed by atoms with van der Waals surface area (Å²) in [6.45, 7) is 1.10. The second-order valence-electron chi connectivity index (χ2n) is 8.23. The van der Waals surface area contributed by atoms with Crippen molar-refractivity contribution in [2.24, 2.45) is 0 Å². The lowest BCUT2D eigenvalue weighted by Gasteiger charge is -2.26. The van der Waals surface area contributed by atoms with Gasteiger partial charge in [-0.15, -0.1) is 0 Å². The van der Waals surface area contributed by atoms with Crippen LogP contribution in [0.5, 0.6) is 11.5 Å². The third-order valence-electron chi connectivity index (χ3n) is 5.91. The van der Waals surface area contributed by atoms with E-state index in [1.165, 1.54) is 12.2 Å². The SMILES string of the molecule is COc1ccc(/C=C/C(=O)NCCN(CCC[Si](OC)(OC)OC)C(=O)/C=C/c2ccc(OC)cc2)cc1. The van der Waals surface area contributed by atoms with Crippen LogP contribution in [0.4, 0.5) is 0 Å². The van der Waals surface area contributed by atoms with Crippen LogP contribution < -0.4 is 14.8 Å². The smallest absolute Gasteiger partial charge is 0.497 e. The molecule has 2 rings (SSSR count). The van der Waals surface area contributed by atoms with Gasteiger partial charge >= 0.3 is 8.80 Å². The minimum absolute atomic E-state index is 0.164. The lowest BCUT2D eigenvalue weighted by Crippen LogP contribution is -2.44. The molecular weight excluding hydrogens is 504 g/mol. The molecule has 38 heavy (non-hydrogen) atoms. The third-order valence-corrected chi connectivity index (χ3v) is 8.75. The Labute approximate surface area is 226 Å². The third kappa shape index (κ3) is 10.1. The molecule has 1 N–H and O–H groups in total. The lowest BCUT2D eigenvalue weighted by atomic mass is 10.2. The van der Waals surface area contributed by atoms with Gasteiger partial charge in [0.05, 0.1) is 14.2 Å². The summed E-state index contributed by atoms with van der Waals surface area (Å²) in [4.78, 5) is 27.0. The zero-order chi connectivity index (χ0) is 27.8. The topological polar surface area (TPSA) is 95.6 Å². The Kier molecular flexibility index (Phi) is 13.3. The van der Waals surface area contributed by atoms with Crippen LogP contribution in [0, 0.1) is 0 Å². The molecule has 0 bridgehead atoms. The molecule has 0 heterocycles. The first-order valence-corrected chi connectivity index (χ1v) is 14.2. The van der Waals surface area contributed by atoms with E-state index in [1.54, 1.807) is 52.6 Å². The highest BCUT2D eigenvalue weighted by molar-refractivity contribution is 6.60. The summed E-state index contributed by atoms with van der Waals surface area (Å²) in [7, 11) is 5.15. The van der Waals surface area contributed by atoms with Crippen molar-refractivity contribution in [3.63, 3.8) is 0 Å². The molecule has 0 aliphatic heterocycles. The van der Waals surface area contributed by atoms with Crippen molar-refractivity contribution in [2.45, 2.75) is 12.5 Å². The predicted octanol–water partition coefficient (Wildman–Crippen LogP) is 3.64. The van der Waals surface area contributed by atoms with Gasteiger partial charge in [-0.1, -0.05) is 24.3 Å². The number of methoxy groups -OCH3 is 2. The van der Waals surface area contributed by atoms with Crippen LogP contribution in [0.3, 0.4) is 0 Å². The maximum Gasteiger partial charge on any atom is 0.500 e. The van der Waals surface area contributed by atoms with Crippen LogP contribution in [0.25, 0.3) is 12.2 Å². The molecule has 206 valence electrons. The first-order chi connectivity index (χ1) is 18.4. The van der Waals surface area contributed by atoms with E-state index in [-0.39, 0.29) is 11.8 Å². The molecule has 0 atom stereocenters. The van der Waals surface area contributed by atoms with Gasteiger partial charge in [0.2, 0.25) is 11.8 Å². The Morgan fingerprint density at radius 2 is 1.26 bits per heavy atom. The summed E-state index contributed by atoms with van der Waals surface area (Å²) in [5.74, 6) is 1.09. The van der Waals surface area contributed by atoms with E-state index in [9.17, 15) is 9.59 Å². The van der Waals surface area contributed by atoms with Crippen molar-refractivity contribution < 1.29 is 32.3 Å². The highest BCUT2D eigenvalue weighted by Gasteiger charge is 2.37. The Morgan fingerprint density at radius 1 is 0.763 bits per heavy atom. The summed E-state index contributed by atoms with van der Waals surface area (Å²) < 4.78 is 26.8. The average Bonchev–Trinajstić information content (AvgIpc) is 2.97. The maximum atomic E-state index is 13.0. The molecule has 0 aliphatic rings. The summed E-state index contributed by atoms with van der Waals surface area (Å²) in [6, 6.07) is 15.4. The predicted molar refractivity (Wildman–Crippen MR) is 150 cm³/mol. The van der Waals surface area contributed by atoms with E-state index in [2.05, 4.69) is 5.32 Å². The minimum atomic E-state index is -2.75. The standard InChI is InChI=1S/C28H38N2O7Si/c1-33-25-13-7-23(8-14-25)11-17-27(31)29-19-21-30(20-6-22-38(35-3,36-4)37-5)28(32)18-12-24-9-15-26(34-2)16-10-24/h7-18H,6,19-22H2,1-5H3,(H,29,31)/b17-11+,18-12+. The normalized spacial score (nSPS) is 11.6. The average molecular weight is 543 g/mol. The van der Waals surface area contributed by atoms with E-state index in [4.69, 9.17) is 22.8 Å². The first kappa shape index (κ1) is 30.8. The van der Waals surface area contributed by atoms with Crippen molar-refractivity contribution in [3.05, 3.63) is 71.8 Å². The Hall–Kier alpha value is -3.44. The number of carbonyl (C=O) groups excluding carboxylic acids is 2. The van der Waals surface area contributed by atoms with Crippen LogP contribution in [-0.2, 0) is 22.9 Å². The van der Waals surface area contributed by atoms with E-state index < -0.39 is 8.80 Å². The quantitative estimate of drug-likeness (QED) is 0.256. The zero-order valence-electron chi connectivity index (χ0n) is 22.8. The van der Waals surface area contributed by atoms with Gasteiger partial charge in [-0.05, 0) is 54.0 Å². The van der Waals surface area contributed by atoms with Crippen molar-refractivity contribution >= 4 is 32.8 Å². The molecule has 2 aromatic rings. The zero-order valence-corrected chi connectivity index (χ0v) is 23.8. The fourth-order valence-electron chi connectivity index (χ4n) is 3.62. The van der Waals surface area contributed by atoms with Gasteiger partial charge in [-0.25, -0.2) is 0 Å². The van der Waals surface area contributed by atoms with E-state index in [0.717, 1.165) is 22.6 Å². The molecule has 0 fully saturated rings. The summed E-state index contributed by atoms with van der Waals surface area (Å²) in [6.07, 6.45) is 7.09. The largest absolute Gasteiger partial charge is 0.500 e. The van der Waals surface area contributed by atoms with Crippen LogP contribution in [-0.4, -0.2) is 80.7 Å². The Bertz CT molecular complexity index is 1040. The fourth-order valence-corrected chi connectivity index (χ4v) is 5.33. The number of hydrogen-bond donors (Lipinski definition) is 1. The number of nitrogens with one attached hydrogen (secondary N) is 1. The molecular formula is C28H38N2O7Si. The maximum absolute atomic E-state index is 13.0. The van der Waals surface area contributed by atoms with E-state index in [0.29, 0.717) is 32.1 Å². The molecule has 0 spiro atoms. The molecule has 0 saturated carbocycles. The Morgan fingerprint density at radius 3 is 1.74 bits per heavy atom. The molecule has 0 unspecified atom stereocenters. The van der Waals surface area contributed by atoms with Gasteiger partial charge in [-0.3, -0.25) is 9.59 Å². The molecule has 2 aromatic carbocycles. The van der Waals surface area contributed by atoms with E-state index >= 15 is 0 Å². The monoisotopic (exact) mass is 542 g/mol. The molecule has 0 radical (unpaired) electrons. The number of hydrogen-bond acceptors (Lipinski definition) is 7. The van der Waals surface area contributed by atoms with Gasteiger partial charge in [0.1, 0.15) is 11.5 Å². The molecule has 10 heteroatoms. The number of benzene rings is 2. The number of ether oxygens (including phenoxy) is 2. The summed E-state index contributed by atoms with van der Waals surface area (Å²) >= 11 is 0. The molecule has 9 nitrogen and oxygen atoms in total. The number of carbonyl (C=O) groups is 2. The number of rotatable bonds is 16. The highest BCUT2D eigenvalue weighted by Crippen LogP contribution is 2.16. The minimum Gasteiger partial charge on any atom is -0.497 e. The highest BCUT2D eigenvalue weighted by atomic mass is 28.4. The van der Waals surface area contributed by atoms with Gasteiger partial charge in [0, 0.05) is 59.2 Å². The van der Waals surface area contributed by atoms with Crippen molar-refractivity contribution in [2.75, 3.05) is 55.2 Å². The molecule has 0 saturated heterocycles. The van der Waals surface area contributed by atoms with Crippen LogP contribution in [0.15, 0.2) is 60.7 Å². The van der Waals surface area contributed by atoms with Gasteiger partial charge in [0.15, 0.2) is 0 Å². The van der Waals surface area contributed by atoms with Crippen LogP contribution in [0.2, 0.25) is 6.04 Å². The molecule has 0 aromatic heterocycles. The van der Waals surface area contributed by atoms with Crippen molar-refractivity contribution in [1.82, 2.24) is 10.2 Å². The second kappa shape index (κ2) is 16.4. The lowest BCUT2D eigenvalue weighted by molar-refractivity contribution is -0.126. The second-order valence-corrected chi connectivity index (χ2v) is 11.3. The Balaban J connectivity index is 1.98. The van der Waals surface area contributed by atoms with Crippen LogP contribution >= 0.6 is 0 Å². The van der Waals surface area contributed by atoms with Gasteiger partial charge in [0.25, 0.3) is 0 Å². The van der Waals surface area contributed by atoms with Crippen molar-refractivity contribution in [3.8, 4) is 11.5 Å². The molecule has 0 aliphatic carbocycles. The van der Waals surface area contributed by atoms with Crippen molar-refractivity contribution in [1.29, 1.82) is 0 Å². The fraction of sp³-hybridized carbons (Fsp3) is 0.357. The number of amides is 2.